The van der Waals surface area contributed by atoms with E-state index in [-0.39, 0.29) is 11.5 Å². The van der Waals surface area contributed by atoms with Gasteiger partial charge in [0.25, 0.3) is 5.56 Å². The van der Waals surface area contributed by atoms with Crippen LogP contribution < -0.4 is 10.5 Å². The summed E-state index contributed by atoms with van der Waals surface area (Å²) < 4.78 is 0. The van der Waals surface area contributed by atoms with E-state index in [0.717, 1.165) is 49.0 Å². The van der Waals surface area contributed by atoms with E-state index < -0.39 is 0 Å². The minimum absolute atomic E-state index is 0.0764. The Bertz CT molecular complexity index is 696. The van der Waals surface area contributed by atoms with Gasteiger partial charge in [0, 0.05) is 42.5 Å². The molecule has 0 radical (unpaired) electrons. The van der Waals surface area contributed by atoms with E-state index in [0.29, 0.717) is 0 Å². The van der Waals surface area contributed by atoms with Crippen molar-refractivity contribution in [3.05, 3.63) is 46.0 Å². The maximum atomic E-state index is 11.6. The molecule has 0 spiro atoms. The van der Waals surface area contributed by atoms with Crippen molar-refractivity contribution in [2.75, 3.05) is 18.0 Å². The van der Waals surface area contributed by atoms with E-state index in [1.807, 2.05) is 19.9 Å². The molecule has 6 heteroatoms. The molecule has 0 unspecified atom stereocenters. The monoisotopic (exact) mass is 285 g/mol. The Hall–Kier alpha value is -2.24. The quantitative estimate of drug-likeness (QED) is 0.906. The average molecular weight is 285 g/mol. The first-order valence-corrected chi connectivity index (χ1v) is 7.23. The number of hydrogen-bond acceptors (Lipinski definition) is 5. The zero-order chi connectivity index (χ0) is 14.8. The molecule has 1 aliphatic rings. The molecule has 0 saturated carbocycles. The van der Waals surface area contributed by atoms with Crippen molar-refractivity contribution in [2.45, 2.75) is 32.6 Å². The number of piperidine rings is 1. The highest BCUT2D eigenvalue weighted by atomic mass is 16.1. The first-order chi connectivity index (χ1) is 10.1. The molecule has 1 saturated heterocycles. The minimum Gasteiger partial charge on any atom is -0.356 e. The summed E-state index contributed by atoms with van der Waals surface area (Å²) >= 11 is 0. The Morgan fingerprint density at radius 1 is 1.24 bits per heavy atom. The van der Waals surface area contributed by atoms with E-state index in [9.17, 15) is 4.79 Å². The van der Waals surface area contributed by atoms with Crippen molar-refractivity contribution in [3.63, 3.8) is 0 Å². The third kappa shape index (κ3) is 3.09. The summed E-state index contributed by atoms with van der Waals surface area (Å²) in [6.07, 6.45) is 3.69. The molecule has 2 aromatic rings. The molecule has 1 fully saturated rings. The van der Waals surface area contributed by atoms with Gasteiger partial charge in [0.1, 0.15) is 18.0 Å². The highest BCUT2D eigenvalue weighted by Crippen LogP contribution is 2.26. The number of H-pyrrole nitrogens is 1. The van der Waals surface area contributed by atoms with Gasteiger partial charge in [-0.2, -0.15) is 0 Å². The molecule has 0 bridgehead atoms. The Morgan fingerprint density at radius 3 is 2.86 bits per heavy atom. The van der Waals surface area contributed by atoms with Crippen molar-refractivity contribution < 1.29 is 0 Å². The van der Waals surface area contributed by atoms with Crippen molar-refractivity contribution in [2.24, 2.45) is 0 Å². The van der Waals surface area contributed by atoms with Gasteiger partial charge in [-0.15, -0.1) is 0 Å². The second kappa shape index (κ2) is 5.63. The van der Waals surface area contributed by atoms with E-state index in [4.69, 9.17) is 0 Å². The van der Waals surface area contributed by atoms with Gasteiger partial charge in [0.15, 0.2) is 0 Å². The predicted molar refractivity (Wildman–Crippen MR) is 80.6 cm³/mol. The number of aromatic amines is 1. The topological polar surface area (TPSA) is 74.8 Å². The highest BCUT2D eigenvalue weighted by molar-refractivity contribution is 5.39. The second-order valence-corrected chi connectivity index (χ2v) is 5.57. The summed E-state index contributed by atoms with van der Waals surface area (Å²) in [4.78, 5) is 29.7. The third-order valence-corrected chi connectivity index (χ3v) is 3.81. The van der Waals surface area contributed by atoms with Gasteiger partial charge in [-0.3, -0.25) is 4.79 Å². The van der Waals surface area contributed by atoms with Crippen LogP contribution in [0, 0.1) is 13.8 Å². The van der Waals surface area contributed by atoms with Crippen LogP contribution in [0.4, 0.5) is 5.82 Å². The lowest BCUT2D eigenvalue weighted by Crippen LogP contribution is -2.36. The van der Waals surface area contributed by atoms with Crippen LogP contribution in [0.2, 0.25) is 0 Å². The molecule has 1 aliphatic heterocycles. The molecule has 0 amide bonds. The number of anilines is 1. The van der Waals surface area contributed by atoms with Crippen LogP contribution in [0.15, 0.2) is 23.3 Å². The van der Waals surface area contributed by atoms with Gasteiger partial charge in [-0.05, 0) is 26.7 Å². The fourth-order valence-electron chi connectivity index (χ4n) is 2.82. The van der Waals surface area contributed by atoms with Crippen molar-refractivity contribution in [1.29, 1.82) is 0 Å². The fraction of sp³-hybridized carbons (Fsp3) is 0.467. The largest absolute Gasteiger partial charge is 0.356 e. The molecule has 2 aromatic heterocycles. The van der Waals surface area contributed by atoms with Crippen LogP contribution in [0.5, 0.6) is 0 Å². The molecule has 3 rings (SSSR count). The Morgan fingerprint density at radius 2 is 2.10 bits per heavy atom. The van der Waals surface area contributed by atoms with Crippen LogP contribution in [-0.2, 0) is 0 Å². The molecule has 110 valence electrons. The number of nitrogens with zero attached hydrogens (tertiary/aromatic N) is 4. The summed E-state index contributed by atoms with van der Waals surface area (Å²) in [6.45, 7) is 5.62. The number of nitrogens with one attached hydrogen (secondary N) is 1. The van der Waals surface area contributed by atoms with Gasteiger partial charge in [-0.25, -0.2) is 15.0 Å². The van der Waals surface area contributed by atoms with Crippen molar-refractivity contribution in [3.8, 4) is 0 Å². The molecule has 3 heterocycles. The SMILES string of the molecule is Cc1cc(N2CCC[C@H](c3nc(C)cc(=O)[nH]3)C2)ncn1. The number of aromatic nitrogens is 4. The van der Waals surface area contributed by atoms with Gasteiger partial charge in [0.05, 0.1) is 0 Å². The molecular formula is C15H19N5O. The minimum atomic E-state index is -0.0764. The van der Waals surface area contributed by atoms with Gasteiger partial charge < -0.3 is 9.88 Å². The van der Waals surface area contributed by atoms with Gasteiger partial charge >= 0.3 is 0 Å². The van der Waals surface area contributed by atoms with Crippen LogP contribution in [0.3, 0.4) is 0 Å². The van der Waals surface area contributed by atoms with Crippen molar-refractivity contribution >= 4 is 5.82 Å². The smallest absolute Gasteiger partial charge is 0.251 e. The van der Waals surface area contributed by atoms with Crippen molar-refractivity contribution in [1.82, 2.24) is 19.9 Å². The maximum Gasteiger partial charge on any atom is 0.251 e. The molecule has 1 N–H and O–H groups in total. The van der Waals surface area contributed by atoms with E-state index in [1.165, 1.54) is 6.07 Å². The molecule has 0 aromatic carbocycles. The molecule has 1 atom stereocenters. The van der Waals surface area contributed by atoms with Crippen LogP contribution in [-0.4, -0.2) is 33.0 Å². The maximum absolute atomic E-state index is 11.6. The lowest BCUT2D eigenvalue weighted by atomic mass is 9.97. The first-order valence-electron chi connectivity index (χ1n) is 7.23. The zero-order valence-corrected chi connectivity index (χ0v) is 12.3. The third-order valence-electron chi connectivity index (χ3n) is 3.81. The second-order valence-electron chi connectivity index (χ2n) is 5.57. The van der Waals surface area contributed by atoms with E-state index in [2.05, 4.69) is 24.8 Å². The molecule has 6 nitrogen and oxygen atoms in total. The van der Waals surface area contributed by atoms with Gasteiger partial charge in [-0.1, -0.05) is 0 Å². The summed E-state index contributed by atoms with van der Waals surface area (Å²) in [6, 6.07) is 3.52. The van der Waals surface area contributed by atoms with Crippen LogP contribution >= 0.6 is 0 Å². The summed E-state index contributed by atoms with van der Waals surface area (Å²) in [5, 5.41) is 0. The highest BCUT2D eigenvalue weighted by Gasteiger charge is 2.24. The average Bonchev–Trinajstić information content (AvgIpc) is 2.46. The standard InChI is InChI=1S/C15H19N5O/c1-10-6-13(17-9-16-10)20-5-3-4-12(8-20)15-18-11(2)7-14(21)19-15/h6-7,9,12H,3-5,8H2,1-2H3,(H,18,19,21)/t12-/m0/s1. The molecule has 0 aliphatic carbocycles. The van der Waals surface area contributed by atoms with Crippen LogP contribution in [0.1, 0.15) is 36.0 Å². The summed E-state index contributed by atoms with van der Waals surface area (Å²) in [5.74, 6) is 1.97. The van der Waals surface area contributed by atoms with Gasteiger partial charge in [0.2, 0.25) is 0 Å². The predicted octanol–water partition coefficient (Wildman–Crippen LogP) is 1.56. The lowest BCUT2D eigenvalue weighted by Gasteiger charge is -2.33. The molecule has 21 heavy (non-hydrogen) atoms. The Labute approximate surface area is 123 Å². The first kappa shape index (κ1) is 13.7. The Balaban J connectivity index is 1.84. The lowest BCUT2D eigenvalue weighted by molar-refractivity contribution is 0.486. The fourth-order valence-corrected chi connectivity index (χ4v) is 2.82. The molecular weight excluding hydrogens is 266 g/mol. The zero-order valence-electron chi connectivity index (χ0n) is 12.3. The summed E-state index contributed by atoms with van der Waals surface area (Å²) in [5.41, 5.74) is 1.65. The normalized spacial score (nSPS) is 18.8. The number of hydrogen-bond donors (Lipinski definition) is 1. The summed E-state index contributed by atoms with van der Waals surface area (Å²) in [7, 11) is 0. The van der Waals surface area contributed by atoms with E-state index >= 15 is 0 Å². The van der Waals surface area contributed by atoms with E-state index in [1.54, 1.807) is 6.33 Å². The number of rotatable bonds is 2. The Kier molecular flexibility index (Phi) is 3.68. The number of aryl methyl sites for hydroxylation is 2. The van der Waals surface area contributed by atoms with Crippen LogP contribution in [0.25, 0.3) is 0 Å².